The van der Waals surface area contributed by atoms with E-state index in [4.69, 9.17) is 5.11 Å². The molecule has 0 radical (unpaired) electrons. The minimum absolute atomic E-state index is 0.00695. The van der Waals surface area contributed by atoms with E-state index in [9.17, 15) is 4.79 Å². The smallest absolute Gasteiger partial charge is 0.313 e. The van der Waals surface area contributed by atoms with E-state index in [2.05, 4.69) is 29.4 Å². The number of unbranched alkanes of at least 4 members (excludes halogenated alkanes) is 1. The SMILES string of the molecule is CCCCC(CCC)n1nnnc1SCC(=O)O. The van der Waals surface area contributed by atoms with Crippen LogP contribution in [0.25, 0.3) is 0 Å². The first kappa shape index (κ1) is 14.9. The summed E-state index contributed by atoms with van der Waals surface area (Å²) in [6, 6.07) is 0.279. The number of carboxylic acid groups (broad SMARTS) is 1. The maximum atomic E-state index is 10.6. The van der Waals surface area contributed by atoms with E-state index in [1.165, 1.54) is 11.8 Å². The van der Waals surface area contributed by atoms with E-state index in [-0.39, 0.29) is 11.8 Å². The molecule has 0 aliphatic rings. The molecule has 0 fully saturated rings. The summed E-state index contributed by atoms with van der Waals surface area (Å²) in [5, 5.41) is 20.9. The third-order valence-electron chi connectivity index (χ3n) is 2.65. The van der Waals surface area contributed by atoms with E-state index < -0.39 is 5.97 Å². The number of aliphatic carboxylic acids is 1. The molecule has 0 amide bonds. The first-order valence-electron chi connectivity index (χ1n) is 6.31. The maximum Gasteiger partial charge on any atom is 0.313 e. The molecule has 0 aromatic carbocycles. The Morgan fingerprint density at radius 1 is 1.39 bits per heavy atom. The first-order valence-corrected chi connectivity index (χ1v) is 7.30. The summed E-state index contributed by atoms with van der Waals surface area (Å²) >= 11 is 1.18. The average molecular weight is 272 g/mol. The molecule has 0 aliphatic heterocycles. The fraction of sp³-hybridized carbons (Fsp3) is 0.818. The normalized spacial score (nSPS) is 12.6. The Hall–Kier alpha value is -1.11. The van der Waals surface area contributed by atoms with Gasteiger partial charge in [0, 0.05) is 0 Å². The lowest BCUT2D eigenvalue weighted by Gasteiger charge is -2.16. The van der Waals surface area contributed by atoms with Gasteiger partial charge in [-0.05, 0) is 23.3 Å². The molecule has 0 bridgehead atoms. The maximum absolute atomic E-state index is 10.6. The van der Waals surface area contributed by atoms with E-state index in [0.29, 0.717) is 5.16 Å². The van der Waals surface area contributed by atoms with Crippen molar-refractivity contribution < 1.29 is 9.90 Å². The zero-order valence-corrected chi connectivity index (χ0v) is 11.7. The molecule has 18 heavy (non-hydrogen) atoms. The Morgan fingerprint density at radius 2 is 2.17 bits per heavy atom. The van der Waals surface area contributed by atoms with Crippen LogP contribution in [0.15, 0.2) is 5.16 Å². The molecule has 102 valence electrons. The van der Waals surface area contributed by atoms with Gasteiger partial charge >= 0.3 is 5.97 Å². The largest absolute Gasteiger partial charge is 0.481 e. The number of rotatable bonds is 9. The Balaban J connectivity index is 2.70. The van der Waals surface area contributed by atoms with Crippen molar-refractivity contribution in [3.05, 3.63) is 0 Å². The molecule has 7 heteroatoms. The molecule has 1 atom stereocenters. The molecular formula is C11H20N4O2S. The van der Waals surface area contributed by atoms with Crippen molar-refractivity contribution >= 4 is 17.7 Å². The van der Waals surface area contributed by atoms with Gasteiger partial charge in [0.15, 0.2) is 0 Å². The van der Waals surface area contributed by atoms with E-state index in [0.717, 1.165) is 32.1 Å². The van der Waals surface area contributed by atoms with Crippen LogP contribution in [0, 0.1) is 0 Å². The highest BCUT2D eigenvalue weighted by atomic mass is 32.2. The lowest BCUT2D eigenvalue weighted by atomic mass is 10.1. The van der Waals surface area contributed by atoms with Crippen molar-refractivity contribution in [3.63, 3.8) is 0 Å². The van der Waals surface area contributed by atoms with Crippen molar-refractivity contribution in [3.8, 4) is 0 Å². The van der Waals surface area contributed by atoms with Crippen LogP contribution < -0.4 is 0 Å². The van der Waals surface area contributed by atoms with Crippen LogP contribution in [0.4, 0.5) is 0 Å². The highest BCUT2D eigenvalue weighted by molar-refractivity contribution is 7.99. The zero-order chi connectivity index (χ0) is 13.4. The number of tetrazole rings is 1. The van der Waals surface area contributed by atoms with Gasteiger partial charge < -0.3 is 5.11 Å². The number of nitrogens with zero attached hydrogens (tertiary/aromatic N) is 4. The predicted molar refractivity (Wildman–Crippen MR) is 69.6 cm³/mol. The van der Waals surface area contributed by atoms with Crippen molar-refractivity contribution in [2.45, 2.75) is 57.1 Å². The van der Waals surface area contributed by atoms with E-state index >= 15 is 0 Å². The van der Waals surface area contributed by atoms with Crippen molar-refractivity contribution in [2.24, 2.45) is 0 Å². The van der Waals surface area contributed by atoms with E-state index in [1.54, 1.807) is 4.68 Å². The second-order valence-electron chi connectivity index (χ2n) is 4.17. The van der Waals surface area contributed by atoms with Gasteiger partial charge in [0.1, 0.15) is 0 Å². The molecule has 0 saturated heterocycles. The third kappa shape index (κ3) is 4.64. The summed E-state index contributed by atoms with van der Waals surface area (Å²) < 4.78 is 1.78. The van der Waals surface area contributed by atoms with Crippen LogP contribution in [0.3, 0.4) is 0 Å². The molecule has 1 aromatic rings. The number of hydrogen-bond donors (Lipinski definition) is 1. The second kappa shape index (κ2) is 8.07. The fourth-order valence-corrected chi connectivity index (χ4v) is 2.46. The van der Waals surface area contributed by atoms with Gasteiger partial charge in [-0.2, -0.15) is 0 Å². The van der Waals surface area contributed by atoms with Crippen molar-refractivity contribution in [1.82, 2.24) is 20.2 Å². The Kier molecular flexibility index (Phi) is 6.70. The van der Waals surface area contributed by atoms with Gasteiger partial charge in [0.2, 0.25) is 5.16 Å². The van der Waals surface area contributed by atoms with Gasteiger partial charge in [0.25, 0.3) is 0 Å². The molecular weight excluding hydrogens is 252 g/mol. The van der Waals surface area contributed by atoms with Crippen LogP contribution in [0.2, 0.25) is 0 Å². The molecule has 0 aliphatic carbocycles. The van der Waals surface area contributed by atoms with Gasteiger partial charge in [-0.15, -0.1) is 5.10 Å². The molecule has 1 unspecified atom stereocenters. The number of carbonyl (C=O) groups is 1. The number of thioether (sulfide) groups is 1. The molecule has 0 spiro atoms. The molecule has 1 heterocycles. The van der Waals surface area contributed by atoms with Crippen LogP contribution >= 0.6 is 11.8 Å². The third-order valence-corrected chi connectivity index (χ3v) is 3.56. The highest BCUT2D eigenvalue weighted by Crippen LogP contribution is 2.24. The summed E-state index contributed by atoms with van der Waals surface area (Å²) in [5.41, 5.74) is 0. The van der Waals surface area contributed by atoms with Gasteiger partial charge in [-0.1, -0.05) is 44.9 Å². The summed E-state index contributed by atoms with van der Waals surface area (Å²) in [5.74, 6) is -0.859. The molecule has 1 rings (SSSR count). The lowest BCUT2D eigenvalue weighted by molar-refractivity contribution is -0.133. The van der Waals surface area contributed by atoms with Gasteiger partial charge in [-0.25, -0.2) is 4.68 Å². The van der Waals surface area contributed by atoms with Gasteiger partial charge in [0.05, 0.1) is 11.8 Å². The Bertz CT molecular complexity index is 370. The Morgan fingerprint density at radius 3 is 2.78 bits per heavy atom. The summed E-state index contributed by atoms with van der Waals surface area (Å²) in [6.45, 7) is 4.29. The fourth-order valence-electron chi connectivity index (χ4n) is 1.80. The zero-order valence-electron chi connectivity index (χ0n) is 10.9. The van der Waals surface area contributed by atoms with Gasteiger partial charge in [-0.3, -0.25) is 4.79 Å². The van der Waals surface area contributed by atoms with Crippen molar-refractivity contribution in [2.75, 3.05) is 5.75 Å². The van der Waals surface area contributed by atoms with E-state index in [1.807, 2.05) is 0 Å². The Labute approximate surface area is 111 Å². The molecule has 1 N–H and O–H groups in total. The van der Waals surface area contributed by atoms with Crippen LogP contribution in [0.5, 0.6) is 0 Å². The lowest BCUT2D eigenvalue weighted by Crippen LogP contribution is -2.13. The number of hydrogen-bond acceptors (Lipinski definition) is 5. The molecule has 1 aromatic heterocycles. The first-order chi connectivity index (χ1) is 8.69. The predicted octanol–water partition coefficient (Wildman–Crippen LogP) is 2.38. The van der Waals surface area contributed by atoms with Crippen LogP contribution in [-0.4, -0.2) is 37.0 Å². The minimum atomic E-state index is -0.852. The summed E-state index contributed by atoms with van der Waals surface area (Å²) in [6.07, 6.45) is 5.40. The highest BCUT2D eigenvalue weighted by Gasteiger charge is 2.17. The monoisotopic (exact) mass is 272 g/mol. The molecule has 6 nitrogen and oxygen atoms in total. The van der Waals surface area contributed by atoms with Crippen LogP contribution in [-0.2, 0) is 4.79 Å². The topological polar surface area (TPSA) is 80.9 Å². The molecule has 0 saturated carbocycles. The second-order valence-corrected chi connectivity index (χ2v) is 5.12. The van der Waals surface area contributed by atoms with Crippen molar-refractivity contribution in [1.29, 1.82) is 0 Å². The average Bonchev–Trinajstić information content (AvgIpc) is 2.80. The standard InChI is InChI=1S/C11H20N4O2S/c1-3-5-7-9(6-4-2)15-11(12-13-14-15)18-8-10(16)17/h9H,3-8H2,1-2H3,(H,16,17). The minimum Gasteiger partial charge on any atom is -0.481 e. The quantitative estimate of drug-likeness (QED) is 0.695. The number of aromatic nitrogens is 4. The van der Waals surface area contributed by atoms with Crippen LogP contribution in [0.1, 0.15) is 52.0 Å². The summed E-state index contributed by atoms with van der Waals surface area (Å²) in [7, 11) is 0. The summed E-state index contributed by atoms with van der Waals surface area (Å²) in [4.78, 5) is 10.6. The number of carboxylic acids is 1.